The molecule has 2 fully saturated rings. The molecule has 1 amide bonds. The van der Waals surface area contributed by atoms with Gasteiger partial charge in [-0.2, -0.15) is 0 Å². The Balaban J connectivity index is 0.00000243. The molecule has 3 rings (SSSR count). The van der Waals surface area contributed by atoms with Crippen LogP contribution in [0.5, 0.6) is 5.75 Å². The van der Waals surface area contributed by atoms with E-state index in [0.29, 0.717) is 25.5 Å². The van der Waals surface area contributed by atoms with Crippen molar-refractivity contribution in [1.82, 2.24) is 5.32 Å². The van der Waals surface area contributed by atoms with Gasteiger partial charge in [-0.05, 0) is 43.7 Å². The Kier molecular flexibility index (Phi) is 8.15. The number of ether oxygens (including phenoxy) is 3. The topological polar surface area (TPSA) is 68.8 Å². The molecule has 2 aliphatic rings. The number of halogens is 1. The molecule has 0 bridgehead atoms. The molecule has 0 unspecified atom stereocenters. The molecule has 2 heterocycles. The van der Waals surface area contributed by atoms with E-state index in [0.717, 1.165) is 43.1 Å². The summed E-state index contributed by atoms with van der Waals surface area (Å²) in [7, 11) is 1.68. The van der Waals surface area contributed by atoms with Gasteiger partial charge >= 0.3 is 0 Å². The van der Waals surface area contributed by atoms with Crippen LogP contribution < -0.4 is 15.4 Å². The summed E-state index contributed by atoms with van der Waals surface area (Å²) in [6, 6.07) is 5.60. The number of carbonyl (C=O) groups excluding carboxylic acids is 1. The quantitative estimate of drug-likeness (QED) is 0.788. The molecule has 6 nitrogen and oxygen atoms in total. The maximum atomic E-state index is 12.4. The zero-order valence-electron chi connectivity index (χ0n) is 15.5. The maximum Gasteiger partial charge on any atom is 0.241 e. The second-order valence-electron chi connectivity index (χ2n) is 6.89. The zero-order valence-corrected chi connectivity index (χ0v) is 16.3. The molecule has 1 aromatic carbocycles. The van der Waals surface area contributed by atoms with Gasteiger partial charge < -0.3 is 24.8 Å². The molecule has 0 radical (unpaired) electrons. The van der Waals surface area contributed by atoms with Crippen LogP contribution in [0.1, 0.15) is 24.8 Å². The van der Waals surface area contributed by atoms with Gasteiger partial charge in [0.25, 0.3) is 0 Å². The van der Waals surface area contributed by atoms with Crippen LogP contribution in [0.4, 0.5) is 5.69 Å². The first-order valence-corrected chi connectivity index (χ1v) is 9.04. The standard InChI is InChI=1S/C19H28N2O4.ClH/c1-13-3-4-15(21-19(22)17-10-16(23-2)11-20-17)9-18(13)25-12-14-5-7-24-8-6-14;/h3-4,9,14,16-17,20H,5-8,10-12H2,1-2H3,(H,21,22);1H/t16-,17+;/m0./s1. The Morgan fingerprint density at radius 3 is 2.81 bits per heavy atom. The molecule has 0 aliphatic carbocycles. The number of nitrogens with one attached hydrogen (secondary N) is 2. The number of anilines is 1. The van der Waals surface area contributed by atoms with Gasteiger partial charge in [0.15, 0.2) is 0 Å². The van der Waals surface area contributed by atoms with Crippen LogP contribution in [-0.4, -0.2) is 51.5 Å². The lowest BCUT2D eigenvalue weighted by atomic mass is 10.0. The third kappa shape index (κ3) is 5.58. The van der Waals surface area contributed by atoms with Crippen molar-refractivity contribution in [1.29, 1.82) is 0 Å². The first-order valence-electron chi connectivity index (χ1n) is 9.04. The van der Waals surface area contributed by atoms with E-state index in [1.807, 2.05) is 25.1 Å². The van der Waals surface area contributed by atoms with Crippen LogP contribution in [0.25, 0.3) is 0 Å². The second-order valence-corrected chi connectivity index (χ2v) is 6.89. The predicted octanol–water partition coefficient (Wildman–Crippen LogP) is 2.54. The van der Waals surface area contributed by atoms with Crippen molar-refractivity contribution in [2.24, 2.45) is 5.92 Å². The number of benzene rings is 1. The van der Waals surface area contributed by atoms with Gasteiger partial charge in [-0.1, -0.05) is 6.07 Å². The predicted molar refractivity (Wildman–Crippen MR) is 103 cm³/mol. The molecule has 2 saturated heterocycles. The highest BCUT2D eigenvalue weighted by molar-refractivity contribution is 5.95. The zero-order chi connectivity index (χ0) is 17.6. The van der Waals surface area contributed by atoms with E-state index in [2.05, 4.69) is 10.6 Å². The fourth-order valence-electron chi connectivity index (χ4n) is 3.27. The number of hydrogen-bond acceptors (Lipinski definition) is 5. The molecule has 0 saturated carbocycles. The van der Waals surface area contributed by atoms with Gasteiger partial charge in [-0.3, -0.25) is 4.79 Å². The Hall–Kier alpha value is -1.34. The van der Waals surface area contributed by atoms with Crippen molar-refractivity contribution in [2.45, 2.75) is 38.3 Å². The normalized spacial score (nSPS) is 23.3. The fourth-order valence-corrected chi connectivity index (χ4v) is 3.27. The van der Waals surface area contributed by atoms with Gasteiger partial charge in [0.05, 0.1) is 18.8 Å². The number of amides is 1. The van der Waals surface area contributed by atoms with Crippen molar-refractivity contribution in [3.63, 3.8) is 0 Å². The highest BCUT2D eigenvalue weighted by atomic mass is 35.5. The molecular weight excluding hydrogens is 356 g/mol. The molecule has 2 atom stereocenters. The summed E-state index contributed by atoms with van der Waals surface area (Å²) in [6.45, 7) is 5.07. The minimum Gasteiger partial charge on any atom is -0.493 e. The van der Waals surface area contributed by atoms with Crippen LogP contribution in [0.3, 0.4) is 0 Å². The summed E-state index contributed by atoms with van der Waals surface area (Å²) < 4.78 is 16.7. The summed E-state index contributed by atoms with van der Waals surface area (Å²) in [5.74, 6) is 1.34. The van der Waals surface area contributed by atoms with Crippen LogP contribution in [0.15, 0.2) is 18.2 Å². The van der Waals surface area contributed by atoms with Crippen molar-refractivity contribution in [3.05, 3.63) is 23.8 Å². The highest BCUT2D eigenvalue weighted by Crippen LogP contribution is 2.25. The Morgan fingerprint density at radius 1 is 1.35 bits per heavy atom. The number of carbonyl (C=O) groups is 1. The van der Waals surface area contributed by atoms with Gasteiger partial charge in [0, 0.05) is 38.6 Å². The molecular formula is C19H29ClN2O4. The molecule has 7 heteroatoms. The van der Waals surface area contributed by atoms with E-state index in [1.54, 1.807) is 7.11 Å². The van der Waals surface area contributed by atoms with E-state index in [9.17, 15) is 4.79 Å². The molecule has 0 aromatic heterocycles. The minimum atomic E-state index is -0.210. The van der Waals surface area contributed by atoms with Crippen LogP contribution in [-0.2, 0) is 14.3 Å². The number of hydrogen-bond donors (Lipinski definition) is 2. The van der Waals surface area contributed by atoms with Crippen molar-refractivity contribution in [2.75, 3.05) is 38.8 Å². The average molecular weight is 385 g/mol. The van der Waals surface area contributed by atoms with Crippen LogP contribution in [0, 0.1) is 12.8 Å². The largest absolute Gasteiger partial charge is 0.493 e. The van der Waals surface area contributed by atoms with Gasteiger partial charge in [0.2, 0.25) is 5.91 Å². The van der Waals surface area contributed by atoms with Crippen LogP contribution in [0.2, 0.25) is 0 Å². The van der Waals surface area contributed by atoms with Crippen LogP contribution >= 0.6 is 12.4 Å². The molecule has 2 aliphatic heterocycles. The lowest BCUT2D eigenvalue weighted by molar-refractivity contribution is -0.118. The number of methoxy groups -OCH3 is 1. The van der Waals surface area contributed by atoms with Gasteiger partial charge in [-0.25, -0.2) is 0 Å². The fraction of sp³-hybridized carbons (Fsp3) is 0.632. The summed E-state index contributed by atoms with van der Waals surface area (Å²) in [5.41, 5.74) is 1.84. The summed E-state index contributed by atoms with van der Waals surface area (Å²) in [4.78, 5) is 12.4. The number of aryl methyl sites for hydroxylation is 1. The van der Waals surface area contributed by atoms with E-state index in [-0.39, 0.29) is 30.5 Å². The Bertz CT molecular complexity index is 593. The first-order chi connectivity index (χ1) is 12.2. The van der Waals surface area contributed by atoms with E-state index < -0.39 is 0 Å². The third-order valence-corrected chi connectivity index (χ3v) is 5.01. The minimum absolute atomic E-state index is 0. The van der Waals surface area contributed by atoms with Crippen molar-refractivity contribution < 1.29 is 19.0 Å². The number of rotatable bonds is 6. The molecule has 0 spiro atoms. The van der Waals surface area contributed by atoms with E-state index >= 15 is 0 Å². The van der Waals surface area contributed by atoms with Gasteiger partial charge in [0.1, 0.15) is 5.75 Å². The summed E-state index contributed by atoms with van der Waals surface area (Å²) in [6.07, 6.45) is 2.89. The average Bonchev–Trinajstić information content (AvgIpc) is 3.12. The summed E-state index contributed by atoms with van der Waals surface area (Å²) in [5, 5.41) is 6.17. The van der Waals surface area contributed by atoms with E-state index in [4.69, 9.17) is 14.2 Å². The lowest BCUT2D eigenvalue weighted by Gasteiger charge is -2.22. The van der Waals surface area contributed by atoms with Crippen molar-refractivity contribution >= 4 is 24.0 Å². The van der Waals surface area contributed by atoms with Crippen molar-refractivity contribution in [3.8, 4) is 5.75 Å². The summed E-state index contributed by atoms with van der Waals surface area (Å²) >= 11 is 0. The Morgan fingerprint density at radius 2 is 2.12 bits per heavy atom. The molecule has 146 valence electrons. The highest BCUT2D eigenvalue weighted by Gasteiger charge is 2.29. The SMILES string of the molecule is CO[C@@H]1CN[C@@H](C(=O)Nc2ccc(C)c(OCC3CCOCC3)c2)C1.Cl. The smallest absolute Gasteiger partial charge is 0.241 e. The lowest BCUT2D eigenvalue weighted by Crippen LogP contribution is -2.35. The molecule has 2 N–H and O–H groups in total. The van der Waals surface area contributed by atoms with E-state index in [1.165, 1.54) is 0 Å². The third-order valence-electron chi connectivity index (χ3n) is 5.01. The molecule has 26 heavy (non-hydrogen) atoms. The molecule has 1 aromatic rings. The Labute approximate surface area is 161 Å². The second kappa shape index (κ2) is 10.1. The maximum absolute atomic E-state index is 12.4. The monoisotopic (exact) mass is 384 g/mol. The van der Waals surface area contributed by atoms with Gasteiger partial charge in [-0.15, -0.1) is 12.4 Å². The first kappa shape index (κ1) is 21.0.